The summed E-state index contributed by atoms with van der Waals surface area (Å²) in [6.07, 6.45) is 6.56. The Kier molecular flexibility index (Phi) is 3.26. The zero-order valence-corrected chi connectivity index (χ0v) is 11.2. The van der Waals surface area contributed by atoms with Crippen molar-refractivity contribution in [2.45, 2.75) is 0 Å². The summed E-state index contributed by atoms with van der Waals surface area (Å²) in [5.41, 5.74) is 0.738. The fraction of sp³-hybridized carbons (Fsp3) is 0.0833. The fourth-order valence-electron chi connectivity index (χ4n) is 1.62. The first-order valence-corrected chi connectivity index (χ1v) is 6.04. The first-order valence-electron chi connectivity index (χ1n) is 5.66. The highest BCUT2D eigenvalue weighted by atomic mass is 35.5. The van der Waals surface area contributed by atoms with Crippen LogP contribution in [0.15, 0.2) is 37.1 Å². The Labute approximate surface area is 119 Å². The van der Waals surface area contributed by atoms with Crippen LogP contribution in [-0.4, -0.2) is 36.6 Å². The number of hydrogen-bond donors (Lipinski definition) is 0. The second kappa shape index (κ2) is 5.22. The molecule has 0 aliphatic rings. The lowest BCUT2D eigenvalue weighted by Gasteiger charge is -2.05. The van der Waals surface area contributed by atoms with Crippen molar-refractivity contribution in [1.29, 1.82) is 0 Å². The zero-order valence-electron chi connectivity index (χ0n) is 10.4. The third kappa shape index (κ3) is 2.43. The molecule has 3 aromatic heterocycles. The molecule has 100 valence electrons. The first-order chi connectivity index (χ1) is 9.76. The van der Waals surface area contributed by atoms with Crippen LogP contribution in [0, 0.1) is 0 Å². The molecular weight excluding hydrogens is 280 g/mol. The molecule has 0 N–H and O–H groups in total. The Bertz CT molecular complexity index is 731. The largest absolute Gasteiger partial charge is 0.481 e. The summed E-state index contributed by atoms with van der Waals surface area (Å²) in [5, 5.41) is 0.106. The predicted octanol–water partition coefficient (Wildman–Crippen LogP) is 1.78. The van der Waals surface area contributed by atoms with E-state index in [1.807, 2.05) is 0 Å². The van der Waals surface area contributed by atoms with Gasteiger partial charge in [-0.05, 0) is 17.7 Å². The van der Waals surface area contributed by atoms with Crippen LogP contribution >= 0.6 is 11.6 Å². The number of imidazole rings is 1. The average molecular weight is 289 g/mol. The summed E-state index contributed by atoms with van der Waals surface area (Å²) in [6.45, 7) is 0. The Morgan fingerprint density at radius 1 is 1.20 bits per heavy atom. The lowest BCUT2D eigenvalue weighted by atomic mass is 10.2. The molecule has 0 radical (unpaired) electrons. The molecule has 0 bridgehead atoms. The van der Waals surface area contributed by atoms with Gasteiger partial charge in [-0.2, -0.15) is 15.0 Å². The van der Waals surface area contributed by atoms with Crippen LogP contribution in [0.5, 0.6) is 5.88 Å². The van der Waals surface area contributed by atoms with Gasteiger partial charge in [-0.25, -0.2) is 9.97 Å². The topological polar surface area (TPSA) is 78.6 Å². The summed E-state index contributed by atoms with van der Waals surface area (Å²) in [4.78, 5) is 20.5. The molecule has 0 aliphatic heterocycles. The van der Waals surface area contributed by atoms with E-state index in [0.29, 0.717) is 17.7 Å². The Morgan fingerprint density at radius 3 is 2.85 bits per heavy atom. The number of pyridine rings is 1. The van der Waals surface area contributed by atoms with Crippen molar-refractivity contribution >= 4 is 11.6 Å². The van der Waals surface area contributed by atoms with Crippen molar-refractivity contribution in [3.05, 3.63) is 42.3 Å². The minimum absolute atomic E-state index is 0.106. The van der Waals surface area contributed by atoms with Crippen LogP contribution < -0.4 is 4.74 Å². The molecule has 0 saturated carbocycles. The highest BCUT2D eigenvalue weighted by molar-refractivity contribution is 6.28. The van der Waals surface area contributed by atoms with Crippen LogP contribution in [0.25, 0.3) is 17.3 Å². The first kappa shape index (κ1) is 12.5. The lowest BCUT2D eigenvalue weighted by Crippen LogP contribution is -2.03. The molecule has 0 saturated heterocycles. The van der Waals surface area contributed by atoms with Gasteiger partial charge in [0, 0.05) is 30.2 Å². The standard InChI is InChI=1S/C12H9ClN6O/c1-20-9-6-8(2-3-15-9)10-16-11(13)18-12(17-10)19-5-4-14-7-19/h2-7H,1H3. The van der Waals surface area contributed by atoms with Crippen LogP contribution in [0.3, 0.4) is 0 Å². The van der Waals surface area contributed by atoms with Gasteiger partial charge in [0.1, 0.15) is 6.33 Å². The number of hydrogen-bond acceptors (Lipinski definition) is 6. The average Bonchev–Trinajstić information content (AvgIpc) is 3.01. The minimum Gasteiger partial charge on any atom is -0.481 e. The zero-order chi connectivity index (χ0) is 13.9. The second-order valence-electron chi connectivity index (χ2n) is 3.78. The molecule has 0 aliphatic carbocycles. The predicted molar refractivity (Wildman–Crippen MR) is 71.7 cm³/mol. The summed E-state index contributed by atoms with van der Waals surface area (Å²) in [5.74, 6) is 1.31. The van der Waals surface area contributed by atoms with E-state index >= 15 is 0 Å². The highest BCUT2D eigenvalue weighted by Crippen LogP contribution is 2.20. The molecule has 7 nitrogen and oxygen atoms in total. The van der Waals surface area contributed by atoms with Crippen molar-refractivity contribution in [2.75, 3.05) is 7.11 Å². The van der Waals surface area contributed by atoms with Gasteiger partial charge in [0.15, 0.2) is 5.82 Å². The third-order valence-electron chi connectivity index (χ3n) is 2.53. The van der Waals surface area contributed by atoms with E-state index in [-0.39, 0.29) is 5.28 Å². The van der Waals surface area contributed by atoms with Gasteiger partial charge in [-0.3, -0.25) is 4.57 Å². The number of methoxy groups -OCH3 is 1. The number of aromatic nitrogens is 6. The fourth-order valence-corrected chi connectivity index (χ4v) is 1.78. The Morgan fingerprint density at radius 2 is 2.10 bits per heavy atom. The maximum Gasteiger partial charge on any atom is 0.239 e. The molecule has 3 rings (SSSR count). The molecule has 0 aromatic carbocycles. The van der Waals surface area contributed by atoms with Gasteiger partial charge in [0.05, 0.1) is 7.11 Å². The van der Waals surface area contributed by atoms with Crippen molar-refractivity contribution in [2.24, 2.45) is 0 Å². The van der Waals surface area contributed by atoms with Crippen molar-refractivity contribution < 1.29 is 4.74 Å². The number of nitrogens with zero attached hydrogens (tertiary/aromatic N) is 6. The van der Waals surface area contributed by atoms with Crippen molar-refractivity contribution in [1.82, 2.24) is 29.5 Å². The molecule has 20 heavy (non-hydrogen) atoms. The summed E-state index contributed by atoms with van der Waals surface area (Å²) in [6, 6.07) is 3.50. The monoisotopic (exact) mass is 288 g/mol. The minimum atomic E-state index is 0.106. The normalized spacial score (nSPS) is 10.5. The van der Waals surface area contributed by atoms with Gasteiger partial charge in [-0.15, -0.1) is 0 Å². The molecule has 0 atom stereocenters. The quantitative estimate of drug-likeness (QED) is 0.731. The Hall–Kier alpha value is -2.54. The van der Waals surface area contributed by atoms with Gasteiger partial charge < -0.3 is 4.74 Å². The third-order valence-corrected chi connectivity index (χ3v) is 2.70. The lowest BCUT2D eigenvalue weighted by molar-refractivity contribution is 0.398. The van der Waals surface area contributed by atoms with E-state index < -0.39 is 0 Å². The molecule has 3 heterocycles. The smallest absolute Gasteiger partial charge is 0.239 e. The SMILES string of the molecule is COc1cc(-c2nc(Cl)nc(-n3ccnc3)n2)ccn1. The number of rotatable bonds is 3. The second-order valence-corrected chi connectivity index (χ2v) is 4.12. The van der Waals surface area contributed by atoms with Crippen LogP contribution in [0.2, 0.25) is 5.28 Å². The van der Waals surface area contributed by atoms with Crippen molar-refractivity contribution in [3.8, 4) is 23.2 Å². The summed E-state index contributed by atoms with van der Waals surface area (Å²) < 4.78 is 6.73. The number of ether oxygens (including phenoxy) is 1. The van der Waals surface area contributed by atoms with E-state index in [1.54, 1.807) is 48.7 Å². The van der Waals surface area contributed by atoms with Crippen LogP contribution in [-0.2, 0) is 0 Å². The molecular formula is C12H9ClN6O. The molecule has 8 heteroatoms. The van der Waals surface area contributed by atoms with Gasteiger partial charge in [0.2, 0.25) is 17.1 Å². The van der Waals surface area contributed by atoms with Gasteiger partial charge >= 0.3 is 0 Å². The van der Waals surface area contributed by atoms with Gasteiger partial charge in [0.25, 0.3) is 0 Å². The Balaban J connectivity index is 2.09. The molecule has 0 spiro atoms. The summed E-state index contributed by atoms with van der Waals surface area (Å²) in [7, 11) is 1.55. The number of halogens is 1. The molecule has 0 fully saturated rings. The molecule has 0 unspecified atom stereocenters. The van der Waals surface area contributed by atoms with E-state index in [4.69, 9.17) is 16.3 Å². The van der Waals surface area contributed by atoms with E-state index in [0.717, 1.165) is 5.56 Å². The maximum absolute atomic E-state index is 5.95. The maximum atomic E-state index is 5.95. The molecule has 3 aromatic rings. The van der Waals surface area contributed by atoms with Gasteiger partial charge in [-0.1, -0.05) is 0 Å². The van der Waals surface area contributed by atoms with E-state index in [9.17, 15) is 0 Å². The summed E-state index contributed by atoms with van der Waals surface area (Å²) >= 11 is 5.95. The van der Waals surface area contributed by atoms with Crippen LogP contribution in [0.4, 0.5) is 0 Å². The van der Waals surface area contributed by atoms with E-state index in [1.165, 1.54) is 0 Å². The van der Waals surface area contributed by atoms with E-state index in [2.05, 4.69) is 24.9 Å². The highest BCUT2D eigenvalue weighted by Gasteiger charge is 2.09. The van der Waals surface area contributed by atoms with Crippen LogP contribution in [0.1, 0.15) is 0 Å². The molecule has 0 amide bonds. The van der Waals surface area contributed by atoms with Crippen molar-refractivity contribution in [3.63, 3.8) is 0 Å².